The summed E-state index contributed by atoms with van der Waals surface area (Å²) in [6.45, 7) is -0.364. The maximum Gasteiger partial charge on any atom is 0.342 e. The van der Waals surface area contributed by atoms with Gasteiger partial charge in [-0.15, -0.1) is 0 Å². The Hall–Kier alpha value is -1.99. The first-order valence-electron chi connectivity index (χ1n) is 4.35. The zero-order chi connectivity index (χ0) is 12.3. The average Bonchev–Trinajstić information content (AvgIpc) is 2.26. The van der Waals surface area contributed by atoms with Gasteiger partial charge in [0.25, 0.3) is 5.69 Å². The topological polar surface area (TPSA) is 127 Å². The molecule has 1 atom stereocenters. The fourth-order valence-electron chi connectivity index (χ4n) is 1.22. The molecule has 1 aromatic rings. The Labute approximate surface area is 90.3 Å². The van der Waals surface area contributed by atoms with Crippen LogP contribution in [0.1, 0.15) is 22.0 Å². The third-order valence-electron chi connectivity index (χ3n) is 2.07. The summed E-state index contributed by atoms with van der Waals surface area (Å²) in [4.78, 5) is 20.5. The standard InChI is InChI=1S/C9H10N2O5/c10-7(4-12)5-1-2-8(11(15)16)6(3-5)9(13)14/h1-3,7,12H,4,10H2,(H,13,14)/t7-/m0/s1. The first-order chi connectivity index (χ1) is 7.47. The number of benzene rings is 1. The molecule has 0 aliphatic carbocycles. The normalized spacial score (nSPS) is 12.1. The zero-order valence-electron chi connectivity index (χ0n) is 8.16. The van der Waals surface area contributed by atoms with Crippen molar-refractivity contribution in [2.45, 2.75) is 6.04 Å². The third-order valence-corrected chi connectivity index (χ3v) is 2.07. The van der Waals surface area contributed by atoms with E-state index in [9.17, 15) is 14.9 Å². The van der Waals surface area contributed by atoms with E-state index < -0.39 is 28.2 Å². The Kier molecular flexibility index (Phi) is 3.54. The smallest absolute Gasteiger partial charge is 0.342 e. The van der Waals surface area contributed by atoms with Crippen molar-refractivity contribution in [1.29, 1.82) is 0 Å². The molecule has 0 bridgehead atoms. The van der Waals surface area contributed by atoms with Crippen LogP contribution in [0.3, 0.4) is 0 Å². The second kappa shape index (κ2) is 4.69. The SMILES string of the molecule is N[C@@H](CO)c1ccc([N+](=O)[O-])c(C(=O)O)c1. The number of rotatable bonds is 4. The lowest BCUT2D eigenvalue weighted by Gasteiger charge is -2.09. The van der Waals surface area contributed by atoms with Crippen molar-refractivity contribution in [1.82, 2.24) is 0 Å². The Bertz CT molecular complexity index is 432. The molecule has 0 aromatic heterocycles. The van der Waals surface area contributed by atoms with E-state index in [0.717, 1.165) is 12.1 Å². The highest BCUT2D eigenvalue weighted by molar-refractivity contribution is 5.92. The highest BCUT2D eigenvalue weighted by atomic mass is 16.6. The van der Waals surface area contributed by atoms with Crippen molar-refractivity contribution < 1.29 is 19.9 Å². The van der Waals surface area contributed by atoms with Crippen LogP contribution >= 0.6 is 0 Å². The van der Waals surface area contributed by atoms with Crippen LogP contribution in [0.5, 0.6) is 0 Å². The predicted octanol–water partition coefficient (Wildman–Crippen LogP) is 0.285. The summed E-state index contributed by atoms with van der Waals surface area (Å²) in [5, 5.41) is 28.1. The van der Waals surface area contributed by atoms with E-state index in [0.29, 0.717) is 5.56 Å². The second-order valence-corrected chi connectivity index (χ2v) is 3.13. The van der Waals surface area contributed by atoms with Crippen molar-refractivity contribution in [2.75, 3.05) is 6.61 Å². The largest absolute Gasteiger partial charge is 0.477 e. The van der Waals surface area contributed by atoms with Gasteiger partial charge in [0.1, 0.15) is 5.56 Å². The van der Waals surface area contributed by atoms with Crippen LogP contribution in [-0.2, 0) is 0 Å². The van der Waals surface area contributed by atoms with Gasteiger partial charge in [0, 0.05) is 6.07 Å². The minimum atomic E-state index is -1.40. The summed E-state index contributed by atoms with van der Waals surface area (Å²) in [6.07, 6.45) is 0. The van der Waals surface area contributed by atoms with E-state index >= 15 is 0 Å². The summed E-state index contributed by atoms with van der Waals surface area (Å²) in [6, 6.07) is 2.74. The van der Waals surface area contributed by atoms with Gasteiger partial charge >= 0.3 is 5.97 Å². The lowest BCUT2D eigenvalue weighted by molar-refractivity contribution is -0.385. The van der Waals surface area contributed by atoms with E-state index in [-0.39, 0.29) is 6.61 Å². The van der Waals surface area contributed by atoms with Crippen LogP contribution in [0.15, 0.2) is 18.2 Å². The quantitative estimate of drug-likeness (QED) is 0.500. The van der Waals surface area contributed by atoms with Crippen LogP contribution < -0.4 is 5.73 Å². The molecule has 0 heterocycles. The lowest BCUT2D eigenvalue weighted by atomic mass is 10.0. The van der Waals surface area contributed by atoms with Crippen molar-refractivity contribution in [3.63, 3.8) is 0 Å². The van der Waals surface area contributed by atoms with Crippen LogP contribution in [-0.4, -0.2) is 27.7 Å². The van der Waals surface area contributed by atoms with Gasteiger partial charge in [-0.05, 0) is 11.6 Å². The van der Waals surface area contributed by atoms with Crippen LogP contribution in [0.2, 0.25) is 0 Å². The Balaban J connectivity index is 3.28. The van der Waals surface area contributed by atoms with Gasteiger partial charge < -0.3 is 15.9 Å². The molecule has 0 aliphatic heterocycles. The third kappa shape index (κ3) is 2.33. The first kappa shape index (κ1) is 12.1. The molecular weight excluding hydrogens is 216 g/mol. The van der Waals surface area contributed by atoms with Crippen LogP contribution in [0.25, 0.3) is 0 Å². The minimum absolute atomic E-state index is 0.338. The van der Waals surface area contributed by atoms with E-state index in [1.54, 1.807) is 0 Å². The number of carboxylic acids is 1. The molecule has 7 nitrogen and oxygen atoms in total. The molecule has 4 N–H and O–H groups in total. The summed E-state index contributed by atoms with van der Waals surface area (Å²) >= 11 is 0. The monoisotopic (exact) mass is 226 g/mol. The van der Waals surface area contributed by atoms with Crippen molar-refractivity contribution in [3.8, 4) is 0 Å². The van der Waals surface area contributed by atoms with Gasteiger partial charge in [-0.1, -0.05) is 6.07 Å². The fraction of sp³-hybridized carbons (Fsp3) is 0.222. The lowest BCUT2D eigenvalue weighted by Crippen LogP contribution is -2.15. The number of aliphatic hydroxyl groups is 1. The maximum atomic E-state index is 10.8. The van der Waals surface area contributed by atoms with Gasteiger partial charge in [-0.2, -0.15) is 0 Å². The summed E-state index contributed by atoms with van der Waals surface area (Å²) in [5.74, 6) is -1.40. The molecule has 1 rings (SSSR count). The number of aromatic carboxylic acids is 1. The summed E-state index contributed by atoms with van der Waals surface area (Å²) in [7, 11) is 0. The van der Waals surface area contributed by atoms with Crippen molar-refractivity contribution in [3.05, 3.63) is 39.4 Å². The summed E-state index contributed by atoms with van der Waals surface area (Å²) < 4.78 is 0. The Morgan fingerprint density at radius 2 is 2.19 bits per heavy atom. The molecule has 0 saturated carbocycles. The molecule has 0 spiro atoms. The highest BCUT2D eigenvalue weighted by Crippen LogP contribution is 2.22. The van der Waals surface area contributed by atoms with E-state index in [1.807, 2.05) is 0 Å². The van der Waals surface area contributed by atoms with Crippen LogP contribution in [0.4, 0.5) is 5.69 Å². The molecule has 16 heavy (non-hydrogen) atoms. The first-order valence-corrected chi connectivity index (χ1v) is 4.35. The number of aliphatic hydroxyl groups excluding tert-OH is 1. The van der Waals surface area contributed by atoms with Gasteiger partial charge in [0.15, 0.2) is 0 Å². The van der Waals surface area contributed by atoms with Crippen molar-refractivity contribution >= 4 is 11.7 Å². The van der Waals surface area contributed by atoms with E-state index in [2.05, 4.69) is 0 Å². The van der Waals surface area contributed by atoms with Gasteiger partial charge in [-0.3, -0.25) is 10.1 Å². The molecule has 0 fully saturated rings. The molecule has 0 aliphatic rings. The maximum absolute atomic E-state index is 10.8. The second-order valence-electron chi connectivity index (χ2n) is 3.13. The molecule has 0 unspecified atom stereocenters. The molecule has 0 radical (unpaired) electrons. The average molecular weight is 226 g/mol. The molecular formula is C9H10N2O5. The summed E-state index contributed by atoms with van der Waals surface area (Å²) in [5.41, 5.74) is 4.88. The Morgan fingerprint density at radius 3 is 2.62 bits per heavy atom. The molecule has 7 heteroatoms. The number of nitrogens with zero attached hydrogens (tertiary/aromatic N) is 1. The number of carbonyl (C=O) groups is 1. The van der Waals surface area contributed by atoms with Gasteiger partial charge in [0.2, 0.25) is 0 Å². The number of hydrogen-bond acceptors (Lipinski definition) is 5. The number of carboxylic acid groups (broad SMARTS) is 1. The number of nitro benzene ring substituents is 1. The van der Waals surface area contributed by atoms with Gasteiger partial charge in [-0.25, -0.2) is 4.79 Å². The predicted molar refractivity (Wildman–Crippen MR) is 54.1 cm³/mol. The number of nitrogens with two attached hydrogens (primary N) is 1. The fourth-order valence-corrected chi connectivity index (χ4v) is 1.22. The van der Waals surface area contributed by atoms with E-state index in [4.69, 9.17) is 15.9 Å². The van der Waals surface area contributed by atoms with E-state index in [1.165, 1.54) is 6.07 Å². The van der Waals surface area contributed by atoms with Gasteiger partial charge in [0.05, 0.1) is 17.6 Å². The number of hydrogen-bond donors (Lipinski definition) is 3. The van der Waals surface area contributed by atoms with Crippen LogP contribution in [0, 0.1) is 10.1 Å². The zero-order valence-corrected chi connectivity index (χ0v) is 8.16. The van der Waals surface area contributed by atoms with Crippen molar-refractivity contribution in [2.24, 2.45) is 5.73 Å². The molecule has 1 aromatic carbocycles. The molecule has 0 amide bonds. The number of nitro groups is 1. The molecule has 0 saturated heterocycles. The Morgan fingerprint density at radius 1 is 1.56 bits per heavy atom. The highest BCUT2D eigenvalue weighted by Gasteiger charge is 2.21. The minimum Gasteiger partial charge on any atom is -0.477 e. The molecule has 86 valence electrons.